The zero-order valence-electron chi connectivity index (χ0n) is 14.6. The van der Waals surface area contributed by atoms with Gasteiger partial charge in [-0.15, -0.1) is 0 Å². The minimum absolute atomic E-state index is 0.179. The second-order valence-electron chi connectivity index (χ2n) is 6.41. The van der Waals surface area contributed by atoms with E-state index in [1.165, 1.54) is 32.6 Å². The molecule has 1 unspecified atom stereocenters. The molecule has 0 aliphatic heterocycles. The summed E-state index contributed by atoms with van der Waals surface area (Å²) < 4.78 is 5.03. The number of carbonyl (C=O) groups is 1. The Balaban J connectivity index is 3.94. The summed E-state index contributed by atoms with van der Waals surface area (Å²) in [6.45, 7) is 9.07. The number of hydrogen-bond donors (Lipinski definition) is 2. The van der Waals surface area contributed by atoms with Crippen molar-refractivity contribution >= 4 is 5.97 Å². The van der Waals surface area contributed by atoms with Crippen LogP contribution >= 0.6 is 0 Å². The van der Waals surface area contributed by atoms with Crippen molar-refractivity contribution in [1.29, 1.82) is 0 Å². The molecule has 0 fully saturated rings. The van der Waals surface area contributed by atoms with E-state index in [-0.39, 0.29) is 11.9 Å². The van der Waals surface area contributed by atoms with Crippen molar-refractivity contribution in [2.75, 3.05) is 6.61 Å². The van der Waals surface area contributed by atoms with Crippen LogP contribution in [0, 0.1) is 5.92 Å². The molecule has 0 spiro atoms. The van der Waals surface area contributed by atoms with Gasteiger partial charge in [0.1, 0.15) is 0 Å². The van der Waals surface area contributed by atoms with Crippen LogP contribution in [0.5, 0.6) is 0 Å². The number of esters is 1. The largest absolute Gasteiger partial charge is 0.462 e. The van der Waals surface area contributed by atoms with Crippen molar-refractivity contribution in [2.45, 2.75) is 84.3 Å². The van der Waals surface area contributed by atoms with Gasteiger partial charge in [0.25, 0.3) is 0 Å². The SMILES string of the molecule is C=C(C)C(=O)OCCCC(CCCCCCCC)C(C)(O)O. The first-order valence-corrected chi connectivity index (χ1v) is 8.56. The first-order valence-electron chi connectivity index (χ1n) is 8.56. The second kappa shape index (κ2) is 11.7. The van der Waals surface area contributed by atoms with Gasteiger partial charge in [0.2, 0.25) is 0 Å². The Kier molecular flexibility index (Phi) is 11.2. The Hall–Kier alpha value is -0.870. The maximum atomic E-state index is 11.3. The molecule has 4 nitrogen and oxygen atoms in total. The third-order valence-corrected chi connectivity index (χ3v) is 3.96. The molecule has 0 amide bonds. The average Bonchev–Trinajstić information content (AvgIpc) is 2.42. The maximum Gasteiger partial charge on any atom is 0.333 e. The lowest BCUT2D eigenvalue weighted by atomic mass is 9.89. The van der Waals surface area contributed by atoms with Gasteiger partial charge in [0.05, 0.1) is 6.61 Å². The summed E-state index contributed by atoms with van der Waals surface area (Å²) in [6, 6.07) is 0. The summed E-state index contributed by atoms with van der Waals surface area (Å²) in [4.78, 5) is 11.3. The molecular formula is C18H34O4. The summed E-state index contributed by atoms with van der Waals surface area (Å²) in [5, 5.41) is 19.7. The van der Waals surface area contributed by atoms with Crippen LogP contribution in [-0.2, 0) is 9.53 Å². The van der Waals surface area contributed by atoms with Gasteiger partial charge in [0, 0.05) is 11.5 Å². The predicted octanol–water partition coefficient (Wildman–Crippen LogP) is 3.95. The van der Waals surface area contributed by atoms with Crippen LogP contribution < -0.4 is 0 Å². The average molecular weight is 314 g/mol. The van der Waals surface area contributed by atoms with E-state index >= 15 is 0 Å². The first-order chi connectivity index (χ1) is 10.3. The Morgan fingerprint density at radius 1 is 1.09 bits per heavy atom. The highest BCUT2D eigenvalue weighted by atomic mass is 16.5. The van der Waals surface area contributed by atoms with Crippen molar-refractivity contribution in [1.82, 2.24) is 0 Å². The fourth-order valence-corrected chi connectivity index (χ4v) is 2.48. The molecule has 0 aromatic carbocycles. The van der Waals surface area contributed by atoms with Gasteiger partial charge in [-0.25, -0.2) is 4.79 Å². The van der Waals surface area contributed by atoms with E-state index < -0.39 is 5.79 Å². The van der Waals surface area contributed by atoms with E-state index in [1.807, 2.05) is 0 Å². The highest BCUT2D eigenvalue weighted by molar-refractivity contribution is 5.86. The zero-order chi connectivity index (χ0) is 17.0. The van der Waals surface area contributed by atoms with Gasteiger partial charge in [-0.3, -0.25) is 0 Å². The number of carbonyl (C=O) groups excluding carboxylic acids is 1. The Morgan fingerprint density at radius 3 is 2.18 bits per heavy atom. The standard InChI is InChI=1S/C18H34O4/c1-5-6-7-8-9-10-12-16(18(4,20)21)13-11-14-22-17(19)15(2)3/h16,20-21H,2,5-14H2,1,3-4H3. The van der Waals surface area contributed by atoms with Crippen LogP contribution in [0.1, 0.15) is 78.6 Å². The van der Waals surface area contributed by atoms with Crippen LogP contribution in [0.3, 0.4) is 0 Å². The topological polar surface area (TPSA) is 66.8 Å². The van der Waals surface area contributed by atoms with Crippen molar-refractivity contribution in [3.63, 3.8) is 0 Å². The molecule has 0 saturated heterocycles. The lowest BCUT2D eigenvalue weighted by Crippen LogP contribution is -2.34. The number of ether oxygens (including phenoxy) is 1. The monoisotopic (exact) mass is 314 g/mol. The van der Waals surface area contributed by atoms with E-state index in [1.54, 1.807) is 6.92 Å². The molecule has 130 valence electrons. The maximum absolute atomic E-state index is 11.3. The molecule has 0 aromatic rings. The van der Waals surface area contributed by atoms with Crippen LogP contribution in [-0.4, -0.2) is 28.6 Å². The van der Waals surface area contributed by atoms with Crippen molar-refractivity contribution in [3.05, 3.63) is 12.2 Å². The lowest BCUT2D eigenvalue weighted by molar-refractivity contribution is -0.189. The number of aliphatic hydroxyl groups is 2. The van der Waals surface area contributed by atoms with E-state index in [2.05, 4.69) is 13.5 Å². The van der Waals surface area contributed by atoms with Gasteiger partial charge in [-0.1, -0.05) is 52.0 Å². The predicted molar refractivity (Wildman–Crippen MR) is 89.3 cm³/mol. The Labute approximate surface area is 135 Å². The zero-order valence-corrected chi connectivity index (χ0v) is 14.6. The van der Waals surface area contributed by atoms with Crippen LogP contribution in [0.25, 0.3) is 0 Å². The molecule has 0 heterocycles. The van der Waals surface area contributed by atoms with E-state index in [4.69, 9.17) is 4.74 Å². The van der Waals surface area contributed by atoms with E-state index in [0.717, 1.165) is 19.3 Å². The van der Waals surface area contributed by atoms with E-state index in [9.17, 15) is 15.0 Å². The van der Waals surface area contributed by atoms with Crippen molar-refractivity contribution in [2.24, 2.45) is 5.92 Å². The fourth-order valence-electron chi connectivity index (χ4n) is 2.48. The third-order valence-electron chi connectivity index (χ3n) is 3.96. The first kappa shape index (κ1) is 21.1. The molecule has 0 radical (unpaired) electrons. The summed E-state index contributed by atoms with van der Waals surface area (Å²) in [5.41, 5.74) is 0.387. The molecule has 0 aliphatic rings. The number of hydrogen-bond acceptors (Lipinski definition) is 4. The van der Waals surface area contributed by atoms with Gasteiger partial charge >= 0.3 is 5.97 Å². The molecular weight excluding hydrogens is 280 g/mol. The van der Waals surface area contributed by atoms with Gasteiger partial charge in [-0.2, -0.15) is 0 Å². The Bertz CT molecular complexity index is 318. The molecule has 0 aliphatic carbocycles. The molecule has 22 heavy (non-hydrogen) atoms. The Morgan fingerprint density at radius 2 is 1.64 bits per heavy atom. The van der Waals surface area contributed by atoms with E-state index in [0.29, 0.717) is 25.0 Å². The summed E-state index contributed by atoms with van der Waals surface area (Å²) in [6.07, 6.45) is 9.19. The van der Waals surface area contributed by atoms with Gasteiger partial charge in [-0.05, 0) is 33.1 Å². The minimum atomic E-state index is -1.66. The fraction of sp³-hybridized carbons (Fsp3) is 0.833. The molecule has 1 atom stereocenters. The van der Waals surface area contributed by atoms with Crippen LogP contribution in [0.15, 0.2) is 12.2 Å². The quantitative estimate of drug-likeness (QED) is 0.234. The molecule has 0 aromatic heterocycles. The normalized spacial score (nSPS) is 13.0. The number of rotatable bonds is 13. The minimum Gasteiger partial charge on any atom is -0.462 e. The highest BCUT2D eigenvalue weighted by Crippen LogP contribution is 2.26. The van der Waals surface area contributed by atoms with Crippen LogP contribution in [0.2, 0.25) is 0 Å². The highest BCUT2D eigenvalue weighted by Gasteiger charge is 2.28. The molecule has 0 rings (SSSR count). The molecule has 0 saturated carbocycles. The molecule has 4 heteroatoms. The van der Waals surface area contributed by atoms with Gasteiger partial charge < -0.3 is 14.9 Å². The second-order valence-corrected chi connectivity index (χ2v) is 6.41. The number of unbranched alkanes of at least 4 members (excludes halogenated alkanes) is 5. The third kappa shape index (κ3) is 10.8. The summed E-state index contributed by atoms with van der Waals surface area (Å²) >= 11 is 0. The summed E-state index contributed by atoms with van der Waals surface area (Å²) in [5.74, 6) is -2.23. The van der Waals surface area contributed by atoms with Crippen molar-refractivity contribution < 1.29 is 19.7 Å². The smallest absolute Gasteiger partial charge is 0.333 e. The lowest BCUT2D eigenvalue weighted by Gasteiger charge is -2.28. The van der Waals surface area contributed by atoms with Crippen LogP contribution in [0.4, 0.5) is 0 Å². The molecule has 0 bridgehead atoms. The van der Waals surface area contributed by atoms with Gasteiger partial charge in [0.15, 0.2) is 5.79 Å². The molecule has 2 N–H and O–H groups in total. The summed E-state index contributed by atoms with van der Waals surface area (Å²) in [7, 11) is 0. The van der Waals surface area contributed by atoms with Crippen molar-refractivity contribution in [3.8, 4) is 0 Å².